The zero-order valence-corrected chi connectivity index (χ0v) is 19.5. The highest BCUT2D eigenvalue weighted by molar-refractivity contribution is 6.30. The molecule has 9 heteroatoms. The number of carbonyl (C=O) groups excluding carboxylic acids is 1. The van der Waals surface area contributed by atoms with Crippen LogP contribution in [0.2, 0.25) is 5.02 Å². The molecule has 1 saturated heterocycles. The Morgan fingerprint density at radius 2 is 1.76 bits per heavy atom. The minimum absolute atomic E-state index is 0.197. The van der Waals surface area contributed by atoms with Gasteiger partial charge < -0.3 is 10.2 Å². The van der Waals surface area contributed by atoms with Gasteiger partial charge in [0.25, 0.3) is 5.91 Å². The Hall–Kier alpha value is -3.49. The van der Waals surface area contributed by atoms with Crippen LogP contribution in [0.5, 0.6) is 0 Å². The third kappa shape index (κ3) is 5.03. The van der Waals surface area contributed by atoms with Crippen molar-refractivity contribution in [3.8, 4) is 11.3 Å². The molecule has 0 saturated carbocycles. The summed E-state index contributed by atoms with van der Waals surface area (Å²) in [6.07, 6.45) is 0.863. The van der Waals surface area contributed by atoms with Gasteiger partial charge in [0.1, 0.15) is 0 Å². The highest BCUT2D eigenvalue weighted by Crippen LogP contribution is 2.21. The average molecular weight is 476 g/mol. The average Bonchev–Trinajstić information content (AvgIpc) is 3.31. The van der Waals surface area contributed by atoms with Gasteiger partial charge in [-0.15, -0.1) is 10.2 Å². The Kier molecular flexibility index (Phi) is 6.69. The van der Waals surface area contributed by atoms with E-state index in [0.29, 0.717) is 12.2 Å². The molecule has 174 valence electrons. The van der Waals surface area contributed by atoms with Crippen molar-refractivity contribution in [1.82, 2.24) is 30.0 Å². The van der Waals surface area contributed by atoms with Crippen molar-refractivity contribution in [2.75, 3.05) is 44.2 Å². The van der Waals surface area contributed by atoms with Crippen molar-refractivity contribution >= 4 is 28.8 Å². The second-order valence-electron chi connectivity index (χ2n) is 8.30. The van der Waals surface area contributed by atoms with Gasteiger partial charge in [0.15, 0.2) is 5.65 Å². The predicted molar refractivity (Wildman–Crippen MR) is 133 cm³/mol. The number of anilines is 1. The van der Waals surface area contributed by atoms with E-state index >= 15 is 0 Å². The van der Waals surface area contributed by atoms with Crippen LogP contribution < -0.4 is 10.2 Å². The first kappa shape index (κ1) is 22.3. The first-order valence-electron chi connectivity index (χ1n) is 11.5. The fourth-order valence-electron chi connectivity index (χ4n) is 4.18. The summed E-state index contributed by atoms with van der Waals surface area (Å²) in [7, 11) is 0. The lowest BCUT2D eigenvalue weighted by Crippen LogP contribution is -2.47. The summed E-state index contributed by atoms with van der Waals surface area (Å²) in [6, 6.07) is 21.5. The number of hydrogen-bond donors (Lipinski definition) is 1. The molecule has 1 aliphatic rings. The molecule has 0 bridgehead atoms. The Labute approximate surface area is 203 Å². The Morgan fingerprint density at radius 1 is 0.941 bits per heavy atom. The Bertz CT molecular complexity index is 1270. The lowest BCUT2D eigenvalue weighted by Gasteiger charge is -2.36. The number of aromatic nitrogens is 4. The smallest absolute Gasteiger partial charge is 0.291 e. The molecule has 34 heavy (non-hydrogen) atoms. The zero-order valence-electron chi connectivity index (χ0n) is 18.8. The summed E-state index contributed by atoms with van der Waals surface area (Å²) >= 11 is 6.12. The zero-order chi connectivity index (χ0) is 23.3. The fourth-order valence-corrected chi connectivity index (χ4v) is 4.36. The maximum Gasteiger partial charge on any atom is 0.291 e. The molecule has 2 aromatic heterocycles. The molecule has 1 aliphatic heterocycles. The Morgan fingerprint density at radius 3 is 2.56 bits per heavy atom. The normalized spacial score (nSPS) is 14.4. The number of benzene rings is 2. The van der Waals surface area contributed by atoms with Crippen LogP contribution in [0.1, 0.15) is 17.0 Å². The summed E-state index contributed by atoms with van der Waals surface area (Å²) in [4.78, 5) is 17.5. The van der Waals surface area contributed by atoms with Gasteiger partial charge in [-0.25, -0.2) is 0 Å². The summed E-state index contributed by atoms with van der Waals surface area (Å²) < 4.78 is 1.51. The quantitative estimate of drug-likeness (QED) is 0.413. The molecule has 1 N–H and O–H groups in total. The standard InChI is InChI=1S/C25H26ClN7O/c26-20-8-4-9-21(18-20)32-16-14-31(15-17-32)13-5-12-27-25(34)24-29-28-23-11-10-22(30-33(23)24)19-6-2-1-3-7-19/h1-4,6-11,18H,5,12-17H2,(H,27,34). The summed E-state index contributed by atoms with van der Waals surface area (Å²) in [5.41, 5.74) is 3.45. The molecule has 5 rings (SSSR count). The van der Waals surface area contributed by atoms with E-state index in [1.54, 1.807) is 0 Å². The van der Waals surface area contributed by atoms with E-state index in [1.165, 1.54) is 10.2 Å². The maximum atomic E-state index is 12.7. The van der Waals surface area contributed by atoms with Crippen LogP contribution in [0.4, 0.5) is 5.69 Å². The third-order valence-corrected chi connectivity index (χ3v) is 6.25. The van der Waals surface area contributed by atoms with Crippen molar-refractivity contribution in [1.29, 1.82) is 0 Å². The number of nitrogens with one attached hydrogen (secondary N) is 1. The third-order valence-electron chi connectivity index (χ3n) is 6.02. The van der Waals surface area contributed by atoms with E-state index in [4.69, 9.17) is 11.6 Å². The van der Waals surface area contributed by atoms with Gasteiger partial charge in [-0.1, -0.05) is 48.0 Å². The van der Waals surface area contributed by atoms with Crippen molar-refractivity contribution < 1.29 is 4.79 Å². The number of nitrogens with zero attached hydrogens (tertiary/aromatic N) is 6. The fraction of sp³-hybridized carbons (Fsp3) is 0.280. The summed E-state index contributed by atoms with van der Waals surface area (Å²) in [6.45, 7) is 5.41. The van der Waals surface area contributed by atoms with Crippen molar-refractivity contribution in [2.24, 2.45) is 0 Å². The second kappa shape index (κ2) is 10.2. The van der Waals surface area contributed by atoms with Gasteiger partial charge in [0.2, 0.25) is 5.82 Å². The van der Waals surface area contributed by atoms with E-state index in [0.717, 1.165) is 55.4 Å². The van der Waals surface area contributed by atoms with Crippen LogP contribution in [0, 0.1) is 0 Å². The van der Waals surface area contributed by atoms with Gasteiger partial charge in [0.05, 0.1) is 5.69 Å². The van der Waals surface area contributed by atoms with Gasteiger partial charge in [-0.3, -0.25) is 9.69 Å². The van der Waals surface area contributed by atoms with Gasteiger partial charge in [0, 0.05) is 49.0 Å². The van der Waals surface area contributed by atoms with Crippen LogP contribution in [0.25, 0.3) is 16.9 Å². The predicted octanol–water partition coefficient (Wildman–Crippen LogP) is 3.39. The number of amides is 1. The molecule has 0 spiro atoms. The molecule has 0 unspecified atom stereocenters. The number of halogens is 1. The minimum Gasteiger partial charge on any atom is -0.369 e. The first-order valence-corrected chi connectivity index (χ1v) is 11.8. The molecular formula is C25H26ClN7O. The van der Waals surface area contributed by atoms with E-state index in [9.17, 15) is 4.79 Å². The van der Waals surface area contributed by atoms with Crippen LogP contribution in [0.3, 0.4) is 0 Å². The van der Waals surface area contributed by atoms with E-state index in [-0.39, 0.29) is 11.7 Å². The number of carbonyl (C=O) groups is 1. The van der Waals surface area contributed by atoms with Crippen LogP contribution in [-0.2, 0) is 0 Å². The van der Waals surface area contributed by atoms with Gasteiger partial charge in [-0.05, 0) is 43.3 Å². The van der Waals surface area contributed by atoms with Gasteiger partial charge in [-0.2, -0.15) is 9.61 Å². The maximum absolute atomic E-state index is 12.7. The highest BCUT2D eigenvalue weighted by Gasteiger charge is 2.18. The summed E-state index contributed by atoms with van der Waals surface area (Å²) in [5, 5.41) is 16.4. The summed E-state index contributed by atoms with van der Waals surface area (Å²) in [5.74, 6) is -0.0705. The molecule has 2 aromatic carbocycles. The highest BCUT2D eigenvalue weighted by atomic mass is 35.5. The number of hydrogen-bond acceptors (Lipinski definition) is 6. The second-order valence-corrected chi connectivity index (χ2v) is 8.73. The van der Waals surface area contributed by atoms with Crippen LogP contribution in [-0.4, -0.2) is 69.9 Å². The Balaban J connectivity index is 1.11. The molecule has 0 atom stereocenters. The number of rotatable bonds is 7. The molecule has 3 heterocycles. The minimum atomic E-state index is -0.268. The van der Waals surface area contributed by atoms with Crippen LogP contribution >= 0.6 is 11.6 Å². The molecular weight excluding hydrogens is 450 g/mol. The molecule has 8 nitrogen and oxygen atoms in total. The van der Waals surface area contributed by atoms with Crippen LogP contribution in [0.15, 0.2) is 66.7 Å². The molecule has 1 fully saturated rings. The monoisotopic (exact) mass is 475 g/mol. The first-order chi connectivity index (χ1) is 16.7. The largest absolute Gasteiger partial charge is 0.369 e. The van der Waals surface area contributed by atoms with Crippen molar-refractivity contribution in [3.05, 3.63) is 77.6 Å². The lowest BCUT2D eigenvalue weighted by atomic mass is 10.1. The SMILES string of the molecule is O=C(NCCCN1CCN(c2cccc(Cl)c2)CC1)c1nnc2ccc(-c3ccccc3)nn12. The number of piperazine rings is 1. The van der Waals surface area contributed by atoms with Gasteiger partial charge >= 0.3 is 0 Å². The molecule has 0 aliphatic carbocycles. The van der Waals surface area contributed by atoms with E-state index in [2.05, 4.69) is 36.5 Å². The molecule has 0 radical (unpaired) electrons. The van der Waals surface area contributed by atoms with Crippen molar-refractivity contribution in [2.45, 2.75) is 6.42 Å². The number of fused-ring (bicyclic) bond motifs is 1. The molecule has 4 aromatic rings. The molecule has 1 amide bonds. The van der Waals surface area contributed by atoms with Crippen molar-refractivity contribution in [3.63, 3.8) is 0 Å². The lowest BCUT2D eigenvalue weighted by molar-refractivity contribution is 0.0938. The topological polar surface area (TPSA) is 78.7 Å². The van der Waals surface area contributed by atoms with E-state index in [1.807, 2.05) is 60.7 Å². The van der Waals surface area contributed by atoms with E-state index < -0.39 is 0 Å².